The maximum atomic E-state index is 12.5. The largest absolute Gasteiger partial charge is 0.493 e. The van der Waals surface area contributed by atoms with E-state index in [2.05, 4.69) is 15.0 Å². The van der Waals surface area contributed by atoms with E-state index < -0.39 is 10.0 Å². The molecule has 11 heteroatoms. The van der Waals surface area contributed by atoms with Gasteiger partial charge in [0.25, 0.3) is 21.8 Å². The van der Waals surface area contributed by atoms with Gasteiger partial charge in [-0.3, -0.25) is 9.59 Å². The number of hydrogen-bond acceptors (Lipinski definition) is 7. The van der Waals surface area contributed by atoms with Crippen molar-refractivity contribution in [1.29, 1.82) is 0 Å². The van der Waals surface area contributed by atoms with E-state index in [1.54, 1.807) is 29.3 Å². The molecular formula is C20H24N4O6S. The lowest BCUT2D eigenvalue weighted by Gasteiger charge is -2.26. The summed E-state index contributed by atoms with van der Waals surface area (Å²) >= 11 is 0. The van der Waals surface area contributed by atoms with Crippen molar-refractivity contribution in [3.8, 4) is 11.5 Å². The number of hydrogen-bond donors (Lipinski definition) is 2. The van der Waals surface area contributed by atoms with E-state index in [0.717, 1.165) is 5.56 Å². The maximum Gasteiger partial charge on any atom is 0.257 e. The second-order valence-corrected chi connectivity index (χ2v) is 8.51. The summed E-state index contributed by atoms with van der Waals surface area (Å²) in [5, 5.41) is 5.46. The first-order valence-electron chi connectivity index (χ1n) is 9.65. The van der Waals surface area contributed by atoms with Gasteiger partial charge in [0.05, 0.1) is 18.4 Å². The van der Waals surface area contributed by atoms with Crippen LogP contribution in [0.5, 0.6) is 11.5 Å². The van der Waals surface area contributed by atoms with Crippen LogP contribution in [0.4, 0.5) is 0 Å². The number of likely N-dealkylation sites (N-methyl/N-ethyl adjacent to an activating group) is 1. The number of carbonyl (C=O) groups excluding carboxylic acids is 2. The monoisotopic (exact) mass is 448 g/mol. The van der Waals surface area contributed by atoms with Crippen LogP contribution in [0.2, 0.25) is 0 Å². The number of ether oxygens (including phenoxy) is 2. The highest BCUT2D eigenvalue weighted by Crippen LogP contribution is 2.28. The smallest absolute Gasteiger partial charge is 0.257 e. The molecule has 1 aromatic rings. The molecule has 0 saturated heterocycles. The number of amides is 2. The molecule has 1 aromatic carbocycles. The fourth-order valence-corrected chi connectivity index (χ4v) is 3.92. The average molecular weight is 449 g/mol. The van der Waals surface area contributed by atoms with Gasteiger partial charge in [-0.15, -0.1) is 4.40 Å². The molecule has 10 nitrogen and oxygen atoms in total. The zero-order valence-corrected chi connectivity index (χ0v) is 18.1. The van der Waals surface area contributed by atoms with Gasteiger partial charge < -0.3 is 25.0 Å². The molecule has 166 valence electrons. The third-order valence-electron chi connectivity index (χ3n) is 4.50. The predicted octanol–water partition coefficient (Wildman–Crippen LogP) is 0.324. The van der Waals surface area contributed by atoms with Crippen molar-refractivity contribution in [2.24, 2.45) is 4.40 Å². The first-order chi connectivity index (χ1) is 14.8. The van der Waals surface area contributed by atoms with Gasteiger partial charge in [0.15, 0.2) is 18.1 Å². The summed E-state index contributed by atoms with van der Waals surface area (Å²) in [6, 6.07) is 5.16. The Morgan fingerprint density at radius 3 is 2.74 bits per heavy atom. The minimum atomic E-state index is -3.44. The zero-order chi connectivity index (χ0) is 22.4. The summed E-state index contributed by atoms with van der Waals surface area (Å²) in [5.41, 5.74) is 1.18. The Morgan fingerprint density at radius 1 is 1.19 bits per heavy atom. The first kappa shape index (κ1) is 22.3. The van der Waals surface area contributed by atoms with Crippen LogP contribution in [-0.4, -0.2) is 63.5 Å². The number of sulfonamides is 1. The van der Waals surface area contributed by atoms with Crippen LogP contribution in [-0.2, 0) is 26.2 Å². The second-order valence-electron chi connectivity index (χ2n) is 6.76. The van der Waals surface area contributed by atoms with Crippen molar-refractivity contribution in [1.82, 2.24) is 15.5 Å². The van der Waals surface area contributed by atoms with Gasteiger partial charge in [0.1, 0.15) is 5.84 Å². The molecule has 3 rings (SSSR count). The van der Waals surface area contributed by atoms with Gasteiger partial charge in [-0.05, 0) is 36.8 Å². The van der Waals surface area contributed by atoms with Crippen molar-refractivity contribution in [3.63, 3.8) is 0 Å². The first-order valence-corrected chi connectivity index (χ1v) is 11.3. The minimum absolute atomic E-state index is 0.0932. The van der Waals surface area contributed by atoms with E-state index >= 15 is 0 Å². The fourth-order valence-electron chi connectivity index (χ4n) is 2.95. The van der Waals surface area contributed by atoms with E-state index in [1.807, 2.05) is 6.92 Å². The molecule has 31 heavy (non-hydrogen) atoms. The van der Waals surface area contributed by atoms with Crippen LogP contribution in [0.25, 0.3) is 0 Å². The Morgan fingerprint density at radius 2 is 2.00 bits per heavy atom. The van der Waals surface area contributed by atoms with Gasteiger partial charge in [-0.25, -0.2) is 8.42 Å². The number of methoxy groups -OCH3 is 1. The third kappa shape index (κ3) is 5.85. The van der Waals surface area contributed by atoms with Crippen molar-refractivity contribution >= 4 is 27.7 Å². The van der Waals surface area contributed by atoms with Gasteiger partial charge in [0.2, 0.25) is 0 Å². The number of amidine groups is 1. The van der Waals surface area contributed by atoms with E-state index in [4.69, 9.17) is 9.47 Å². The van der Waals surface area contributed by atoms with Crippen LogP contribution >= 0.6 is 0 Å². The molecule has 2 aliphatic rings. The SMILES string of the molecule is CCNC(=O)COc1ccc(CNC(=O)C2=CN3CCS(=O)(=O)N=C3C=C2)cc1OC. The van der Waals surface area contributed by atoms with Crippen molar-refractivity contribution in [2.45, 2.75) is 13.5 Å². The normalized spacial score (nSPS) is 16.5. The van der Waals surface area contributed by atoms with Crippen molar-refractivity contribution in [3.05, 3.63) is 47.7 Å². The van der Waals surface area contributed by atoms with Crippen molar-refractivity contribution in [2.75, 3.05) is 32.6 Å². The molecule has 0 bridgehead atoms. The molecule has 0 unspecified atom stereocenters. The lowest BCUT2D eigenvalue weighted by Crippen LogP contribution is -2.38. The molecule has 0 spiro atoms. The van der Waals surface area contributed by atoms with Crippen LogP contribution in [0, 0.1) is 0 Å². The number of fused-ring (bicyclic) bond motifs is 1. The Hall–Kier alpha value is -3.34. The van der Waals surface area contributed by atoms with Crippen molar-refractivity contribution < 1.29 is 27.5 Å². The van der Waals surface area contributed by atoms with Crippen LogP contribution in [0.3, 0.4) is 0 Å². The average Bonchev–Trinajstić information content (AvgIpc) is 2.75. The standard InChI is InChI=1S/C20H24N4O6S/c1-3-21-19(25)13-30-16-6-4-14(10-17(16)29-2)11-22-20(26)15-5-7-18-23-31(27,28)9-8-24(18)12-15/h4-7,10,12H,3,8-9,11,13H2,1-2H3,(H,21,25)(H,22,26). The van der Waals surface area contributed by atoms with Gasteiger partial charge in [0, 0.05) is 25.8 Å². The quantitative estimate of drug-likeness (QED) is 0.587. The Bertz CT molecular complexity index is 1060. The van der Waals surface area contributed by atoms with Gasteiger partial charge in [-0.2, -0.15) is 0 Å². The molecule has 2 aliphatic heterocycles. The Kier molecular flexibility index (Phi) is 6.95. The second kappa shape index (κ2) is 9.65. The number of nitrogens with one attached hydrogen (secondary N) is 2. The number of rotatable bonds is 8. The number of nitrogens with zero attached hydrogens (tertiary/aromatic N) is 2. The molecule has 0 radical (unpaired) electrons. The molecule has 0 fully saturated rings. The molecular weight excluding hydrogens is 424 g/mol. The number of benzene rings is 1. The minimum Gasteiger partial charge on any atom is -0.493 e. The Labute approximate surface area is 180 Å². The topological polar surface area (TPSA) is 126 Å². The predicted molar refractivity (Wildman–Crippen MR) is 114 cm³/mol. The van der Waals surface area contributed by atoms with E-state index in [-0.39, 0.29) is 37.3 Å². The summed E-state index contributed by atoms with van der Waals surface area (Å²) in [7, 11) is -1.95. The zero-order valence-electron chi connectivity index (χ0n) is 17.3. The highest BCUT2D eigenvalue weighted by atomic mass is 32.2. The summed E-state index contributed by atoms with van der Waals surface area (Å²) < 4.78 is 37.6. The van der Waals surface area contributed by atoms with Crippen LogP contribution in [0.15, 0.2) is 46.5 Å². The van der Waals surface area contributed by atoms with Crippen LogP contribution < -0.4 is 20.1 Å². The summed E-state index contributed by atoms with van der Waals surface area (Å²) in [6.45, 7) is 2.71. The fraction of sp³-hybridized carbons (Fsp3) is 0.350. The molecule has 2 amide bonds. The van der Waals surface area contributed by atoms with E-state index in [9.17, 15) is 18.0 Å². The van der Waals surface area contributed by atoms with E-state index in [1.165, 1.54) is 19.3 Å². The lowest BCUT2D eigenvalue weighted by molar-refractivity contribution is -0.123. The molecule has 0 atom stereocenters. The highest BCUT2D eigenvalue weighted by Gasteiger charge is 2.25. The molecule has 2 heterocycles. The Balaban J connectivity index is 1.60. The van der Waals surface area contributed by atoms with E-state index in [0.29, 0.717) is 29.5 Å². The number of carbonyl (C=O) groups is 2. The molecule has 0 saturated carbocycles. The lowest BCUT2D eigenvalue weighted by atomic mass is 10.1. The molecule has 0 aromatic heterocycles. The summed E-state index contributed by atoms with van der Waals surface area (Å²) in [6.07, 6.45) is 4.63. The van der Waals surface area contributed by atoms with Gasteiger partial charge in [-0.1, -0.05) is 6.07 Å². The maximum absolute atomic E-state index is 12.5. The molecule has 0 aliphatic carbocycles. The highest BCUT2D eigenvalue weighted by molar-refractivity contribution is 7.90. The summed E-state index contributed by atoms with van der Waals surface area (Å²) in [4.78, 5) is 25.7. The third-order valence-corrected chi connectivity index (χ3v) is 5.66. The van der Waals surface area contributed by atoms with Gasteiger partial charge >= 0.3 is 0 Å². The summed E-state index contributed by atoms with van der Waals surface area (Å²) in [5.74, 6) is 0.547. The van der Waals surface area contributed by atoms with Crippen LogP contribution in [0.1, 0.15) is 12.5 Å². The molecule has 2 N–H and O–H groups in total.